The molecule has 0 heterocycles. The first kappa shape index (κ1) is 11.2. The van der Waals surface area contributed by atoms with Gasteiger partial charge in [-0.3, -0.25) is 0 Å². The lowest BCUT2D eigenvalue weighted by Crippen LogP contribution is -2.40. The molecule has 0 aromatic rings. The van der Waals surface area contributed by atoms with Crippen LogP contribution in [-0.2, 0) is 0 Å². The van der Waals surface area contributed by atoms with Gasteiger partial charge in [0.25, 0.3) is 0 Å². The molecule has 15 heavy (non-hydrogen) atoms. The van der Waals surface area contributed by atoms with Gasteiger partial charge in [0, 0.05) is 12.3 Å². The van der Waals surface area contributed by atoms with E-state index in [4.69, 9.17) is 0 Å². The van der Waals surface area contributed by atoms with Crippen molar-refractivity contribution in [1.29, 1.82) is 0 Å². The predicted octanol–water partition coefficient (Wildman–Crippen LogP) is 2.60. The summed E-state index contributed by atoms with van der Waals surface area (Å²) in [5.74, 6) is -0.590. The minimum absolute atomic E-state index is 0.114. The van der Waals surface area contributed by atoms with Gasteiger partial charge in [-0.05, 0) is 38.0 Å². The molecule has 1 saturated carbocycles. The van der Waals surface area contributed by atoms with Gasteiger partial charge in [0.15, 0.2) is 5.79 Å². The van der Waals surface area contributed by atoms with E-state index in [-0.39, 0.29) is 5.92 Å². The van der Waals surface area contributed by atoms with E-state index in [1.807, 2.05) is 0 Å². The number of fused-ring (bicyclic) bond motifs is 2. The Hall–Kier alpha value is -0.340. The number of rotatable bonds is 0. The molecule has 2 atom stereocenters. The summed E-state index contributed by atoms with van der Waals surface area (Å²) in [5.41, 5.74) is 0. The number of allylic oxidation sites excluding steroid dienone is 2. The van der Waals surface area contributed by atoms with Gasteiger partial charge in [0.1, 0.15) is 0 Å². The average Bonchev–Trinajstić information content (AvgIpc) is 2.23. The van der Waals surface area contributed by atoms with Crippen LogP contribution >= 0.6 is 0 Å². The van der Waals surface area contributed by atoms with Gasteiger partial charge in [-0.1, -0.05) is 25.0 Å². The van der Waals surface area contributed by atoms with E-state index in [9.17, 15) is 10.2 Å². The lowest BCUT2D eigenvalue weighted by atomic mass is 9.74. The van der Waals surface area contributed by atoms with E-state index in [2.05, 4.69) is 12.2 Å². The average molecular weight is 210 g/mol. The van der Waals surface area contributed by atoms with Crippen molar-refractivity contribution in [2.24, 2.45) is 11.8 Å². The van der Waals surface area contributed by atoms with Crippen LogP contribution < -0.4 is 0 Å². The summed E-state index contributed by atoms with van der Waals surface area (Å²) in [4.78, 5) is 0. The Morgan fingerprint density at radius 2 is 1.80 bits per heavy atom. The zero-order valence-corrected chi connectivity index (χ0v) is 9.36. The Morgan fingerprint density at radius 3 is 2.67 bits per heavy atom. The van der Waals surface area contributed by atoms with E-state index in [1.165, 1.54) is 25.7 Å². The maximum absolute atomic E-state index is 10.0. The maximum atomic E-state index is 10.0. The molecule has 2 N–H and O–H groups in total. The maximum Gasteiger partial charge on any atom is 0.165 e. The van der Waals surface area contributed by atoms with Crippen molar-refractivity contribution < 1.29 is 10.2 Å². The highest BCUT2D eigenvalue weighted by molar-refractivity contribution is 4.90. The molecule has 2 bridgehead atoms. The number of aliphatic hydroxyl groups is 2. The molecule has 2 unspecified atom stereocenters. The summed E-state index contributed by atoms with van der Waals surface area (Å²) in [5, 5.41) is 20.1. The first-order valence-corrected chi connectivity index (χ1v) is 6.28. The van der Waals surface area contributed by atoms with Crippen LogP contribution in [-0.4, -0.2) is 16.0 Å². The normalized spacial score (nSPS) is 38.3. The van der Waals surface area contributed by atoms with Gasteiger partial charge >= 0.3 is 0 Å². The third-order valence-corrected chi connectivity index (χ3v) is 4.02. The molecular weight excluding hydrogens is 188 g/mol. The second-order valence-corrected chi connectivity index (χ2v) is 5.20. The van der Waals surface area contributed by atoms with Crippen molar-refractivity contribution in [1.82, 2.24) is 0 Å². The molecule has 0 amide bonds. The van der Waals surface area contributed by atoms with Gasteiger partial charge in [-0.2, -0.15) is 0 Å². The summed E-state index contributed by atoms with van der Waals surface area (Å²) in [6, 6.07) is 0. The van der Waals surface area contributed by atoms with Crippen LogP contribution in [0.25, 0.3) is 0 Å². The molecule has 0 aromatic heterocycles. The Balaban J connectivity index is 2.08. The SMILES string of the molecule is OC1(O)CC/C=C\CCC2CCCC1C2. The van der Waals surface area contributed by atoms with Crippen molar-refractivity contribution in [2.45, 2.75) is 57.2 Å². The van der Waals surface area contributed by atoms with Gasteiger partial charge in [0.05, 0.1) is 0 Å². The molecule has 1 fully saturated rings. The molecule has 0 aromatic carbocycles. The van der Waals surface area contributed by atoms with Crippen LogP contribution in [0.4, 0.5) is 0 Å². The molecule has 2 heteroatoms. The summed E-state index contributed by atoms with van der Waals surface area (Å²) in [6.07, 6.45) is 12.4. The topological polar surface area (TPSA) is 40.5 Å². The second-order valence-electron chi connectivity index (χ2n) is 5.20. The van der Waals surface area contributed by atoms with Crippen LogP contribution in [0.3, 0.4) is 0 Å². The van der Waals surface area contributed by atoms with Gasteiger partial charge < -0.3 is 10.2 Å². The highest BCUT2D eigenvalue weighted by atomic mass is 16.5. The highest BCUT2D eigenvalue weighted by Gasteiger charge is 2.37. The molecule has 2 rings (SSSR count). The first-order chi connectivity index (χ1) is 7.18. The van der Waals surface area contributed by atoms with Gasteiger partial charge in [-0.15, -0.1) is 0 Å². The Kier molecular flexibility index (Phi) is 3.47. The second kappa shape index (κ2) is 4.67. The first-order valence-electron chi connectivity index (χ1n) is 6.28. The van der Waals surface area contributed by atoms with E-state index in [0.29, 0.717) is 12.3 Å². The molecular formula is C13H22O2. The summed E-state index contributed by atoms with van der Waals surface area (Å²) in [6.45, 7) is 0. The Morgan fingerprint density at radius 1 is 1.00 bits per heavy atom. The molecule has 2 aliphatic rings. The third-order valence-electron chi connectivity index (χ3n) is 4.02. The predicted molar refractivity (Wildman–Crippen MR) is 60.2 cm³/mol. The zero-order valence-electron chi connectivity index (χ0n) is 9.36. The molecule has 0 radical (unpaired) electrons. The molecule has 0 saturated heterocycles. The van der Waals surface area contributed by atoms with E-state index >= 15 is 0 Å². The van der Waals surface area contributed by atoms with Gasteiger partial charge in [0.2, 0.25) is 0 Å². The Labute approximate surface area is 92.0 Å². The Bertz CT molecular complexity index is 233. The van der Waals surface area contributed by atoms with E-state index in [1.54, 1.807) is 0 Å². The van der Waals surface area contributed by atoms with Crippen LogP contribution in [0.1, 0.15) is 51.4 Å². The lowest BCUT2D eigenvalue weighted by Gasteiger charge is -2.37. The fraction of sp³-hybridized carbons (Fsp3) is 0.846. The van der Waals surface area contributed by atoms with E-state index in [0.717, 1.165) is 19.3 Å². The van der Waals surface area contributed by atoms with Crippen molar-refractivity contribution in [3.63, 3.8) is 0 Å². The molecule has 2 aliphatic carbocycles. The minimum Gasteiger partial charge on any atom is -0.365 e. The van der Waals surface area contributed by atoms with Crippen molar-refractivity contribution >= 4 is 0 Å². The highest BCUT2D eigenvalue weighted by Crippen LogP contribution is 2.39. The van der Waals surface area contributed by atoms with Crippen molar-refractivity contribution in [3.8, 4) is 0 Å². The fourth-order valence-corrected chi connectivity index (χ4v) is 3.04. The quantitative estimate of drug-likeness (QED) is 0.476. The van der Waals surface area contributed by atoms with Crippen molar-refractivity contribution in [2.75, 3.05) is 0 Å². The lowest BCUT2D eigenvalue weighted by molar-refractivity contribution is -0.213. The summed E-state index contributed by atoms with van der Waals surface area (Å²) >= 11 is 0. The summed E-state index contributed by atoms with van der Waals surface area (Å²) in [7, 11) is 0. The standard InChI is InChI=1S/C13H22O2/c14-13(15)9-4-2-1-3-6-11-7-5-8-12(13)10-11/h1-2,11-12,14-15H,3-10H2/b2-1-. The third kappa shape index (κ3) is 2.82. The molecule has 2 nitrogen and oxygen atoms in total. The van der Waals surface area contributed by atoms with Crippen LogP contribution in [0.5, 0.6) is 0 Å². The molecule has 0 aliphatic heterocycles. The fourth-order valence-electron chi connectivity index (χ4n) is 3.04. The smallest absolute Gasteiger partial charge is 0.165 e. The molecule has 0 spiro atoms. The summed E-state index contributed by atoms with van der Waals surface area (Å²) < 4.78 is 0. The monoisotopic (exact) mass is 210 g/mol. The van der Waals surface area contributed by atoms with E-state index < -0.39 is 5.79 Å². The number of hydrogen-bond acceptors (Lipinski definition) is 2. The van der Waals surface area contributed by atoms with Crippen LogP contribution in [0.2, 0.25) is 0 Å². The largest absolute Gasteiger partial charge is 0.365 e. The number of hydrogen-bond donors (Lipinski definition) is 2. The van der Waals surface area contributed by atoms with Crippen LogP contribution in [0, 0.1) is 11.8 Å². The van der Waals surface area contributed by atoms with Gasteiger partial charge in [-0.25, -0.2) is 0 Å². The minimum atomic E-state index is -1.42. The van der Waals surface area contributed by atoms with Crippen LogP contribution in [0.15, 0.2) is 12.2 Å². The molecule has 86 valence electrons. The zero-order chi connectivity index (χ0) is 10.7. The van der Waals surface area contributed by atoms with Crippen molar-refractivity contribution in [3.05, 3.63) is 12.2 Å².